The van der Waals surface area contributed by atoms with Gasteiger partial charge in [0.05, 0.1) is 17.8 Å². The van der Waals surface area contributed by atoms with Gasteiger partial charge in [0.25, 0.3) is 5.56 Å². The van der Waals surface area contributed by atoms with Crippen molar-refractivity contribution in [3.05, 3.63) is 51.3 Å². The number of piperidine rings is 1. The van der Waals surface area contributed by atoms with Gasteiger partial charge in [0, 0.05) is 40.5 Å². The molecule has 1 saturated heterocycles. The lowest BCUT2D eigenvalue weighted by atomic mass is 9.95. The summed E-state index contributed by atoms with van der Waals surface area (Å²) in [4.78, 5) is 18.2. The van der Waals surface area contributed by atoms with E-state index in [1.165, 1.54) is 11.3 Å². The Morgan fingerprint density at radius 2 is 2.20 bits per heavy atom. The number of benzene rings is 1. The maximum atomic E-state index is 13.1. The minimum Gasteiger partial charge on any atom is -0.391 e. The van der Waals surface area contributed by atoms with Crippen LogP contribution in [0.15, 0.2) is 40.8 Å². The van der Waals surface area contributed by atoms with Crippen molar-refractivity contribution >= 4 is 33.2 Å². The van der Waals surface area contributed by atoms with Crippen molar-refractivity contribution in [3.8, 4) is 11.1 Å². The molecule has 0 radical (unpaired) electrons. The van der Waals surface area contributed by atoms with E-state index in [1.54, 1.807) is 10.9 Å². The zero-order chi connectivity index (χ0) is 17.4. The molecule has 2 atom stereocenters. The smallest absolute Gasteiger partial charge is 0.262 e. The average Bonchev–Trinajstić information content (AvgIpc) is 3.04. The molecule has 3 heterocycles. The monoisotopic (exact) mass is 375 g/mol. The molecule has 1 fully saturated rings. The minimum atomic E-state index is -0.443. The van der Waals surface area contributed by atoms with Gasteiger partial charge in [0.15, 0.2) is 0 Å². The predicted octanol–water partition coefficient (Wildman–Crippen LogP) is 2.75. The Morgan fingerprint density at radius 1 is 1.36 bits per heavy atom. The Balaban J connectivity index is 1.78. The second kappa shape index (κ2) is 6.88. The van der Waals surface area contributed by atoms with Crippen molar-refractivity contribution in [2.45, 2.75) is 19.1 Å². The summed E-state index contributed by atoms with van der Waals surface area (Å²) in [6, 6.07) is 7.51. The van der Waals surface area contributed by atoms with Crippen molar-refractivity contribution in [3.63, 3.8) is 0 Å². The van der Waals surface area contributed by atoms with E-state index >= 15 is 0 Å². The molecule has 1 aliphatic rings. The van der Waals surface area contributed by atoms with Crippen molar-refractivity contribution < 1.29 is 5.11 Å². The molecule has 1 aromatic carbocycles. The third-order valence-electron chi connectivity index (χ3n) is 4.75. The number of nitrogens with one attached hydrogen (secondary N) is 1. The fraction of sp³-hybridized carbons (Fsp3) is 0.333. The Kier molecular flexibility index (Phi) is 4.60. The summed E-state index contributed by atoms with van der Waals surface area (Å²) in [6.07, 6.45) is 1.99. The molecule has 0 amide bonds. The second-order valence-corrected chi connectivity index (χ2v) is 7.60. The van der Waals surface area contributed by atoms with Gasteiger partial charge in [-0.05, 0) is 19.0 Å². The quantitative estimate of drug-likeness (QED) is 0.738. The van der Waals surface area contributed by atoms with Crippen LogP contribution < -0.4 is 10.9 Å². The number of halogens is 1. The Bertz CT molecular complexity index is 968. The number of aromatic nitrogens is 2. The van der Waals surface area contributed by atoms with Crippen LogP contribution in [0.3, 0.4) is 0 Å². The van der Waals surface area contributed by atoms with Gasteiger partial charge in [0.1, 0.15) is 4.83 Å². The molecule has 1 aliphatic heterocycles. The summed E-state index contributed by atoms with van der Waals surface area (Å²) < 4.78 is 1.62. The largest absolute Gasteiger partial charge is 0.391 e. The number of fused-ring (bicyclic) bond motifs is 1. The van der Waals surface area contributed by atoms with Crippen molar-refractivity contribution in [1.29, 1.82) is 0 Å². The van der Waals surface area contributed by atoms with Gasteiger partial charge in [-0.15, -0.1) is 11.3 Å². The van der Waals surface area contributed by atoms with E-state index < -0.39 is 6.10 Å². The Morgan fingerprint density at radius 3 is 3.00 bits per heavy atom. The lowest BCUT2D eigenvalue weighted by Gasteiger charge is -2.28. The molecule has 130 valence electrons. The van der Waals surface area contributed by atoms with E-state index in [0.717, 1.165) is 24.1 Å². The summed E-state index contributed by atoms with van der Waals surface area (Å²) in [5.41, 5.74) is 1.59. The number of hydrogen-bond acceptors (Lipinski definition) is 5. The van der Waals surface area contributed by atoms with Gasteiger partial charge in [0.2, 0.25) is 0 Å². The van der Waals surface area contributed by atoms with Gasteiger partial charge in [-0.3, -0.25) is 9.36 Å². The van der Waals surface area contributed by atoms with E-state index in [9.17, 15) is 9.90 Å². The van der Waals surface area contributed by atoms with Crippen molar-refractivity contribution in [1.82, 2.24) is 14.9 Å². The maximum Gasteiger partial charge on any atom is 0.262 e. The van der Waals surface area contributed by atoms with Gasteiger partial charge < -0.3 is 10.4 Å². The topological polar surface area (TPSA) is 67.2 Å². The maximum absolute atomic E-state index is 13.1. The molecule has 25 heavy (non-hydrogen) atoms. The second-order valence-electron chi connectivity index (χ2n) is 6.33. The highest BCUT2D eigenvalue weighted by Crippen LogP contribution is 2.34. The summed E-state index contributed by atoms with van der Waals surface area (Å²) in [6.45, 7) is 1.90. The predicted molar refractivity (Wildman–Crippen MR) is 101 cm³/mol. The van der Waals surface area contributed by atoms with Crippen molar-refractivity contribution in [2.24, 2.45) is 5.92 Å². The molecule has 0 spiro atoms. The van der Waals surface area contributed by atoms with Crippen LogP contribution in [0.25, 0.3) is 21.3 Å². The highest BCUT2D eigenvalue weighted by atomic mass is 35.5. The number of aliphatic hydroxyl groups is 1. The zero-order valence-electron chi connectivity index (χ0n) is 13.5. The lowest BCUT2D eigenvalue weighted by Crippen LogP contribution is -2.43. The van der Waals surface area contributed by atoms with Gasteiger partial charge in [-0.1, -0.05) is 29.8 Å². The average molecular weight is 376 g/mol. The van der Waals surface area contributed by atoms with Gasteiger partial charge in [-0.25, -0.2) is 4.98 Å². The summed E-state index contributed by atoms with van der Waals surface area (Å²) >= 11 is 7.76. The van der Waals surface area contributed by atoms with Crippen LogP contribution in [-0.2, 0) is 6.54 Å². The fourth-order valence-electron chi connectivity index (χ4n) is 3.34. The van der Waals surface area contributed by atoms with E-state index in [4.69, 9.17) is 11.6 Å². The lowest BCUT2D eigenvalue weighted by molar-refractivity contribution is 0.0717. The number of rotatable bonds is 3. The SMILES string of the molecule is O=c1c2c(-c3ccccc3Cl)csc2ncn1C[C@@H]1CCNC[C@H]1O. The molecule has 2 aromatic heterocycles. The van der Waals surface area contributed by atoms with Crippen LogP contribution in [0.2, 0.25) is 5.02 Å². The number of hydrogen-bond donors (Lipinski definition) is 2. The van der Waals surface area contributed by atoms with Crippen LogP contribution in [0.5, 0.6) is 0 Å². The molecule has 3 aromatic rings. The third-order valence-corrected chi connectivity index (χ3v) is 5.96. The molecule has 7 heteroatoms. The molecule has 0 bridgehead atoms. The van der Waals surface area contributed by atoms with Crippen LogP contribution in [0.1, 0.15) is 6.42 Å². The Labute approximate surface area is 153 Å². The summed E-state index contributed by atoms with van der Waals surface area (Å²) in [5, 5.41) is 16.5. The highest BCUT2D eigenvalue weighted by Gasteiger charge is 2.24. The fourth-order valence-corrected chi connectivity index (χ4v) is 4.47. The molecular formula is C18H18ClN3O2S. The molecular weight excluding hydrogens is 358 g/mol. The summed E-state index contributed by atoms with van der Waals surface area (Å²) in [7, 11) is 0. The third kappa shape index (κ3) is 3.11. The molecule has 0 unspecified atom stereocenters. The van der Waals surface area contributed by atoms with E-state index in [-0.39, 0.29) is 11.5 Å². The molecule has 2 N–H and O–H groups in total. The van der Waals surface area contributed by atoms with E-state index in [1.807, 2.05) is 29.6 Å². The minimum absolute atomic E-state index is 0.0561. The number of aliphatic hydroxyl groups excluding tert-OH is 1. The first kappa shape index (κ1) is 16.7. The van der Waals surface area contributed by atoms with Gasteiger partial charge >= 0.3 is 0 Å². The van der Waals surface area contributed by atoms with Gasteiger partial charge in [-0.2, -0.15) is 0 Å². The van der Waals surface area contributed by atoms with Crippen LogP contribution in [-0.4, -0.2) is 33.9 Å². The zero-order valence-corrected chi connectivity index (χ0v) is 15.1. The van der Waals surface area contributed by atoms with Crippen LogP contribution in [0.4, 0.5) is 0 Å². The van der Waals surface area contributed by atoms with Crippen LogP contribution >= 0.6 is 22.9 Å². The van der Waals surface area contributed by atoms with Crippen LogP contribution in [0, 0.1) is 5.92 Å². The molecule has 4 rings (SSSR count). The standard InChI is InChI=1S/C18H18ClN3O2S/c19-14-4-2-1-3-12(14)13-9-25-17-16(13)18(24)22(10-21-17)8-11-5-6-20-7-15(11)23/h1-4,9-11,15,20,23H,5-8H2/t11-,15+/m0/s1. The Hall–Kier alpha value is -1.73. The van der Waals surface area contributed by atoms with E-state index in [2.05, 4.69) is 10.3 Å². The number of β-amino-alcohol motifs (C(OH)–C–C–N with tert-alkyl or cyclic N) is 1. The van der Waals surface area contributed by atoms with Crippen molar-refractivity contribution in [2.75, 3.05) is 13.1 Å². The molecule has 0 aliphatic carbocycles. The first-order valence-electron chi connectivity index (χ1n) is 8.25. The van der Waals surface area contributed by atoms with E-state index in [0.29, 0.717) is 28.3 Å². The highest BCUT2D eigenvalue weighted by molar-refractivity contribution is 7.17. The first-order chi connectivity index (χ1) is 12.1. The molecule has 0 saturated carbocycles. The normalized spacial score (nSPS) is 20.9. The molecule has 5 nitrogen and oxygen atoms in total. The number of nitrogens with zero attached hydrogens (tertiary/aromatic N) is 2. The number of thiophene rings is 1. The first-order valence-corrected chi connectivity index (χ1v) is 9.51. The summed E-state index contributed by atoms with van der Waals surface area (Å²) in [5.74, 6) is 0.0561.